The topological polar surface area (TPSA) is 58.6 Å². The molecule has 2 N–H and O–H groups in total. The number of halogens is 1. The predicted molar refractivity (Wildman–Crippen MR) is 70.9 cm³/mol. The van der Waals surface area contributed by atoms with E-state index in [0.29, 0.717) is 17.3 Å². The lowest BCUT2D eigenvalue weighted by molar-refractivity contribution is -0.123. The van der Waals surface area contributed by atoms with Gasteiger partial charge in [0.2, 0.25) is 0 Å². The Balaban J connectivity index is 2.40. The summed E-state index contributed by atoms with van der Waals surface area (Å²) in [4.78, 5) is 11.5. The van der Waals surface area contributed by atoms with Crippen molar-refractivity contribution < 1.29 is 14.6 Å². The van der Waals surface area contributed by atoms with Gasteiger partial charge in [-0.3, -0.25) is 4.79 Å². The number of hydrogen-bond donors (Lipinski definition) is 2. The molecule has 18 heavy (non-hydrogen) atoms. The fraction of sp³-hybridized carbons (Fsp3) is 0.462. The molecule has 1 unspecified atom stereocenters. The van der Waals surface area contributed by atoms with Crippen LogP contribution in [0.3, 0.4) is 0 Å². The molecule has 0 saturated heterocycles. The molecule has 4 nitrogen and oxygen atoms in total. The van der Waals surface area contributed by atoms with E-state index in [1.807, 2.05) is 19.9 Å². The van der Waals surface area contributed by atoms with Crippen LogP contribution in [0.4, 0.5) is 0 Å². The summed E-state index contributed by atoms with van der Waals surface area (Å²) in [5, 5.41) is 12.0. The molecule has 0 aliphatic rings. The first-order valence-electron chi connectivity index (χ1n) is 5.79. The molecule has 0 spiro atoms. The lowest BCUT2D eigenvalue weighted by Gasteiger charge is -2.11. The average Bonchev–Trinajstić information content (AvgIpc) is 2.36. The minimum Gasteiger partial charge on any atom is -0.482 e. The monoisotopic (exact) mass is 271 g/mol. The molecule has 1 aromatic carbocycles. The maximum Gasteiger partial charge on any atom is 0.257 e. The lowest BCUT2D eigenvalue weighted by atomic mass is 10.2. The summed E-state index contributed by atoms with van der Waals surface area (Å²) < 4.78 is 5.34. The van der Waals surface area contributed by atoms with Crippen molar-refractivity contribution in [1.82, 2.24) is 5.32 Å². The van der Waals surface area contributed by atoms with E-state index in [1.54, 1.807) is 12.1 Å². The summed E-state index contributed by atoms with van der Waals surface area (Å²) in [6.07, 6.45) is 0. The zero-order chi connectivity index (χ0) is 13.5. The van der Waals surface area contributed by atoms with Crippen LogP contribution in [0.2, 0.25) is 5.02 Å². The van der Waals surface area contributed by atoms with Gasteiger partial charge < -0.3 is 15.2 Å². The van der Waals surface area contributed by atoms with Crippen LogP contribution in [0.5, 0.6) is 5.75 Å². The average molecular weight is 272 g/mol. The van der Waals surface area contributed by atoms with Crippen molar-refractivity contribution in [1.29, 1.82) is 0 Å². The fourth-order valence-electron chi connectivity index (χ4n) is 1.27. The molecule has 1 rings (SSSR count). The number of hydrogen-bond acceptors (Lipinski definition) is 3. The molecular formula is C13H18ClNO3. The van der Waals surface area contributed by atoms with Crippen molar-refractivity contribution in [2.75, 3.05) is 19.8 Å². The molecule has 0 aliphatic carbocycles. The number of amides is 1. The second-order valence-electron chi connectivity index (χ2n) is 4.31. The van der Waals surface area contributed by atoms with Crippen LogP contribution in [0.25, 0.3) is 0 Å². The van der Waals surface area contributed by atoms with Gasteiger partial charge in [0.05, 0.1) is 5.02 Å². The molecule has 5 heteroatoms. The minimum absolute atomic E-state index is 0.0384. The number of aliphatic hydroxyl groups excluding tert-OH is 1. The van der Waals surface area contributed by atoms with Crippen LogP contribution in [0.1, 0.15) is 12.5 Å². The minimum atomic E-state index is -0.229. The van der Waals surface area contributed by atoms with Crippen LogP contribution < -0.4 is 10.1 Å². The van der Waals surface area contributed by atoms with Crippen LogP contribution >= 0.6 is 11.6 Å². The summed E-state index contributed by atoms with van der Waals surface area (Å²) in [5.74, 6) is 0.311. The van der Waals surface area contributed by atoms with Gasteiger partial charge in [0.15, 0.2) is 6.61 Å². The Morgan fingerprint density at radius 2 is 2.28 bits per heavy atom. The van der Waals surface area contributed by atoms with E-state index in [-0.39, 0.29) is 25.0 Å². The zero-order valence-electron chi connectivity index (χ0n) is 10.6. The molecule has 1 amide bonds. The molecule has 0 aliphatic heterocycles. The second-order valence-corrected chi connectivity index (χ2v) is 4.72. The van der Waals surface area contributed by atoms with Gasteiger partial charge >= 0.3 is 0 Å². The van der Waals surface area contributed by atoms with Gasteiger partial charge in [-0.2, -0.15) is 0 Å². The van der Waals surface area contributed by atoms with Crippen LogP contribution in [-0.4, -0.2) is 30.8 Å². The Hall–Kier alpha value is -1.26. The molecular weight excluding hydrogens is 254 g/mol. The standard InChI is InChI=1S/C13H18ClNO3/c1-9-3-4-11(14)12(5-9)18-8-13(17)15-6-10(2)7-16/h3-5,10,16H,6-8H2,1-2H3,(H,15,17). The van der Waals surface area contributed by atoms with Gasteiger partial charge in [-0.1, -0.05) is 24.6 Å². The summed E-state index contributed by atoms with van der Waals surface area (Å²) in [7, 11) is 0. The number of carbonyl (C=O) groups is 1. The zero-order valence-corrected chi connectivity index (χ0v) is 11.3. The highest BCUT2D eigenvalue weighted by atomic mass is 35.5. The van der Waals surface area contributed by atoms with Crippen molar-refractivity contribution >= 4 is 17.5 Å². The van der Waals surface area contributed by atoms with Gasteiger partial charge in [-0.15, -0.1) is 0 Å². The van der Waals surface area contributed by atoms with E-state index in [0.717, 1.165) is 5.56 Å². The van der Waals surface area contributed by atoms with Crippen molar-refractivity contribution in [3.05, 3.63) is 28.8 Å². The van der Waals surface area contributed by atoms with Gasteiger partial charge in [0.1, 0.15) is 5.75 Å². The van der Waals surface area contributed by atoms with E-state index in [9.17, 15) is 4.79 Å². The van der Waals surface area contributed by atoms with Crippen molar-refractivity contribution in [3.8, 4) is 5.75 Å². The number of nitrogens with one attached hydrogen (secondary N) is 1. The third-order valence-corrected chi connectivity index (χ3v) is 2.72. The van der Waals surface area contributed by atoms with Crippen LogP contribution in [-0.2, 0) is 4.79 Å². The summed E-state index contributed by atoms with van der Waals surface area (Å²) in [5.41, 5.74) is 1.02. The highest BCUT2D eigenvalue weighted by Gasteiger charge is 2.07. The SMILES string of the molecule is Cc1ccc(Cl)c(OCC(=O)NCC(C)CO)c1. The molecule has 100 valence electrons. The Kier molecular flexibility index (Phi) is 5.95. The Morgan fingerprint density at radius 1 is 1.56 bits per heavy atom. The molecule has 0 radical (unpaired) electrons. The molecule has 0 aromatic heterocycles. The molecule has 0 bridgehead atoms. The van der Waals surface area contributed by atoms with E-state index >= 15 is 0 Å². The molecule has 1 aromatic rings. The molecule has 1 atom stereocenters. The van der Waals surface area contributed by atoms with E-state index in [2.05, 4.69) is 5.32 Å². The summed E-state index contributed by atoms with van der Waals surface area (Å²) >= 11 is 5.94. The quantitative estimate of drug-likeness (QED) is 0.829. The van der Waals surface area contributed by atoms with E-state index < -0.39 is 0 Å². The second kappa shape index (κ2) is 7.24. The third-order valence-electron chi connectivity index (χ3n) is 2.40. The van der Waals surface area contributed by atoms with Crippen molar-refractivity contribution in [2.24, 2.45) is 5.92 Å². The highest BCUT2D eigenvalue weighted by Crippen LogP contribution is 2.24. The van der Waals surface area contributed by atoms with Gasteiger partial charge in [0.25, 0.3) is 5.91 Å². The predicted octanol–water partition coefficient (Wildman–Crippen LogP) is 1.77. The van der Waals surface area contributed by atoms with Crippen molar-refractivity contribution in [2.45, 2.75) is 13.8 Å². The van der Waals surface area contributed by atoms with Gasteiger partial charge in [-0.25, -0.2) is 0 Å². The summed E-state index contributed by atoms with van der Waals surface area (Å²) in [6, 6.07) is 5.39. The number of ether oxygens (including phenoxy) is 1. The smallest absolute Gasteiger partial charge is 0.257 e. The summed E-state index contributed by atoms with van der Waals surface area (Å²) in [6.45, 7) is 4.16. The highest BCUT2D eigenvalue weighted by molar-refractivity contribution is 6.32. The molecule has 0 fully saturated rings. The Bertz CT molecular complexity index is 409. The van der Waals surface area contributed by atoms with Crippen LogP contribution in [0, 0.1) is 12.8 Å². The number of rotatable bonds is 6. The first-order chi connectivity index (χ1) is 8.52. The number of benzene rings is 1. The number of aliphatic hydroxyl groups is 1. The molecule has 0 saturated carbocycles. The maximum atomic E-state index is 11.5. The van der Waals surface area contributed by atoms with E-state index in [1.165, 1.54) is 0 Å². The Morgan fingerprint density at radius 3 is 2.94 bits per heavy atom. The van der Waals surface area contributed by atoms with E-state index in [4.69, 9.17) is 21.4 Å². The van der Waals surface area contributed by atoms with Crippen LogP contribution in [0.15, 0.2) is 18.2 Å². The fourth-order valence-corrected chi connectivity index (χ4v) is 1.44. The van der Waals surface area contributed by atoms with Gasteiger partial charge in [0, 0.05) is 13.2 Å². The first kappa shape index (κ1) is 14.8. The van der Waals surface area contributed by atoms with Crippen molar-refractivity contribution in [3.63, 3.8) is 0 Å². The maximum absolute atomic E-state index is 11.5. The molecule has 0 heterocycles. The van der Waals surface area contributed by atoms with Gasteiger partial charge in [-0.05, 0) is 30.5 Å². The first-order valence-corrected chi connectivity index (χ1v) is 6.17. The lowest BCUT2D eigenvalue weighted by Crippen LogP contribution is -2.33. The Labute approximate surface area is 112 Å². The third kappa shape index (κ3) is 4.94. The number of carbonyl (C=O) groups excluding carboxylic acids is 1. The normalized spacial score (nSPS) is 12.0. The largest absolute Gasteiger partial charge is 0.482 e. The number of aryl methyl sites for hydroxylation is 1.